The van der Waals surface area contributed by atoms with E-state index in [0.29, 0.717) is 47.9 Å². The number of rotatable bonds is 6. The molecule has 3 aromatic heterocycles. The molecule has 1 amide bonds. The number of benzene rings is 2. The summed E-state index contributed by atoms with van der Waals surface area (Å²) >= 11 is 0. The van der Waals surface area contributed by atoms with Crippen molar-refractivity contribution < 1.29 is 18.7 Å². The Bertz CT molecular complexity index is 2150. The Morgan fingerprint density at radius 1 is 1.14 bits per heavy atom. The minimum atomic E-state index is -0.576. The average molecular weight is 681 g/mol. The molecule has 0 N–H and O–H groups in total. The van der Waals surface area contributed by atoms with Gasteiger partial charge in [-0.3, -0.25) is 4.90 Å². The number of aromatic nitrogens is 5. The van der Waals surface area contributed by atoms with E-state index in [1.165, 1.54) is 0 Å². The number of amides is 1. The zero-order chi connectivity index (χ0) is 35.5. The number of carbonyl (C=O) groups is 1. The van der Waals surface area contributed by atoms with Crippen LogP contribution in [0.4, 0.5) is 9.18 Å². The summed E-state index contributed by atoms with van der Waals surface area (Å²) in [6.07, 6.45) is 4.98. The van der Waals surface area contributed by atoms with Crippen molar-refractivity contribution >= 4 is 38.9 Å². The molecule has 2 aromatic carbocycles. The predicted octanol–water partition coefficient (Wildman–Crippen LogP) is 7.09. The van der Waals surface area contributed by atoms with E-state index in [9.17, 15) is 10.1 Å². The molecule has 0 radical (unpaired) electrons. The number of halogens is 1. The minimum absolute atomic E-state index is 0.0785. The van der Waals surface area contributed by atoms with Crippen molar-refractivity contribution in [3.05, 3.63) is 47.4 Å². The molecule has 11 nitrogen and oxygen atoms in total. The Morgan fingerprint density at radius 2 is 1.90 bits per heavy atom. The van der Waals surface area contributed by atoms with E-state index in [0.717, 1.165) is 47.0 Å². The second-order valence-electron chi connectivity index (χ2n) is 14.9. The van der Waals surface area contributed by atoms with Crippen LogP contribution in [0.5, 0.6) is 5.88 Å². The van der Waals surface area contributed by atoms with E-state index in [1.54, 1.807) is 4.90 Å². The first-order valence-corrected chi connectivity index (χ1v) is 17.5. The molecule has 0 bridgehead atoms. The third-order valence-corrected chi connectivity index (χ3v) is 10.3. The maximum atomic E-state index is 17.3. The normalized spacial score (nSPS) is 18.3. The van der Waals surface area contributed by atoms with Gasteiger partial charge in [0.1, 0.15) is 22.7 Å². The van der Waals surface area contributed by atoms with Gasteiger partial charge in [0.2, 0.25) is 5.88 Å². The monoisotopic (exact) mass is 680 g/mol. The van der Waals surface area contributed by atoms with Gasteiger partial charge in [-0.15, -0.1) is 5.10 Å². The van der Waals surface area contributed by atoms with Crippen molar-refractivity contribution in [3.8, 4) is 23.1 Å². The lowest BCUT2D eigenvalue weighted by atomic mass is 9.92. The van der Waals surface area contributed by atoms with Gasteiger partial charge in [0.15, 0.2) is 11.3 Å². The molecule has 2 saturated heterocycles. The largest absolute Gasteiger partial charge is 0.471 e. The van der Waals surface area contributed by atoms with Gasteiger partial charge in [-0.25, -0.2) is 18.9 Å². The van der Waals surface area contributed by atoms with Gasteiger partial charge in [-0.2, -0.15) is 5.26 Å². The Balaban J connectivity index is 1.37. The highest BCUT2D eigenvalue weighted by molar-refractivity contribution is 6.08. The number of hydrogen-bond donors (Lipinski definition) is 0. The lowest BCUT2D eigenvalue weighted by Gasteiger charge is -2.33. The number of piperidine rings is 1. The summed E-state index contributed by atoms with van der Waals surface area (Å²) in [7, 11) is 4.04. The Labute approximate surface area is 291 Å². The van der Waals surface area contributed by atoms with E-state index in [1.807, 2.05) is 81.4 Å². The van der Waals surface area contributed by atoms with Crippen LogP contribution in [-0.4, -0.2) is 84.9 Å². The van der Waals surface area contributed by atoms with Crippen LogP contribution in [0, 0.1) is 24.1 Å². The Kier molecular flexibility index (Phi) is 8.67. The van der Waals surface area contributed by atoms with Gasteiger partial charge in [-0.1, -0.05) is 17.3 Å². The van der Waals surface area contributed by atoms with Crippen molar-refractivity contribution in [1.82, 2.24) is 34.3 Å². The number of pyridine rings is 1. The van der Waals surface area contributed by atoms with Crippen LogP contribution >= 0.6 is 0 Å². The van der Waals surface area contributed by atoms with Crippen LogP contribution < -0.4 is 4.74 Å². The molecule has 5 aromatic rings. The summed E-state index contributed by atoms with van der Waals surface area (Å²) in [5, 5.41) is 20.3. The second kappa shape index (κ2) is 12.8. The Hall–Kier alpha value is -4.76. The highest BCUT2D eigenvalue weighted by atomic mass is 19.1. The first-order valence-electron chi connectivity index (χ1n) is 17.5. The molecule has 50 heavy (non-hydrogen) atoms. The Morgan fingerprint density at radius 3 is 2.58 bits per heavy atom. The first-order chi connectivity index (χ1) is 23.9. The molecular weight excluding hydrogens is 635 g/mol. The number of carbonyl (C=O) groups excluding carboxylic acids is 1. The fourth-order valence-electron chi connectivity index (χ4n) is 7.94. The maximum absolute atomic E-state index is 17.3. The van der Waals surface area contributed by atoms with Crippen LogP contribution in [-0.2, 0) is 18.2 Å². The summed E-state index contributed by atoms with van der Waals surface area (Å²) in [4.78, 5) is 21.7. The van der Waals surface area contributed by atoms with E-state index in [-0.39, 0.29) is 42.1 Å². The predicted molar refractivity (Wildman–Crippen MR) is 191 cm³/mol. The quantitative estimate of drug-likeness (QED) is 0.187. The van der Waals surface area contributed by atoms with Crippen molar-refractivity contribution in [3.63, 3.8) is 0 Å². The second-order valence-corrected chi connectivity index (χ2v) is 14.9. The molecule has 2 fully saturated rings. The van der Waals surface area contributed by atoms with Crippen LogP contribution in [0.2, 0.25) is 0 Å². The van der Waals surface area contributed by atoms with Gasteiger partial charge in [-0.05, 0) is 103 Å². The highest BCUT2D eigenvalue weighted by Crippen LogP contribution is 2.42. The zero-order valence-electron chi connectivity index (χ0n) is 30.0. The SMILES string of the molecule is Cc1cc2c(nc(O[C@@H](C)[C@@H]3CCCN3C)c3nnn(C4CCN(C(=O)OC(C)(C)C)CC4)c32)c(F)c1-c1cccc2c1c(CC#N)cn2C. The lowest BCUT2D eigenvalue weighted by molar-refractivity contribution is 0.0185. The third-order valence-electron chi connectivity index (χ3n) is 10.3. The lowest BCUT2D eigenvalue weighted by Crippen LogP contribution is -2.42. The molecular formula is C38H45FN8O3. The molecule has 0 aliphatic carbocycles. The average Bonchev–Trinajstić information content (AvgIpc) is 3.79. The van der Waals surface area contributed by atoms with Crippen LogP contribution in [0.15, 0.2) is 30.5 Å². The van der Waals surface area contributed by atoms with Crippen molar-refractivity contribution in [1.29, 1.82) is 5.26 Å². The summed E-state index contributed by atoms with van der Waals surface area (Å²) in [5.74, 6) is -0.196. The molecule has 0 unspecified atom stereocenters. The molecule has 12 heteroatoms. The number of nitrogens with zero attached hydrogens (tertiary/aromatic N) is 8. The molecule has 0 saturated carbocycles. The summed E-state index contributed by atoms with van der Waals surface area (Å²) < 4.78 is 33.4. The highest BCUT2D eigenvalue weighted by Gasteiger charge is 2.33. The minimum Gasteiger partial charge on any atom is -0.471 e. The molecule has 5 heterocycles. The van der Waals surface area contributed by atoms with Crippen molar-refractivity contribution in [2.45, 2.75) is 90.5 Å². The van der Waals surface area contributed by atoms with E-state index in [2.05, 4.69) is 28.3 Å². The smallest absolute Gasteiger partial charge is 0.410 e. The van der Waals surface area contributed by atoms with Gasteiger partial charge in [0.05, 0.1) is 18.5 Å². The van der Waals surface area contributed by atoms with Crippen molar-refractivity contribution in [2.75, 3.05) is 26.7 Å². The first kappa shape index (κ1) is 33.7. The molecule has 2 aliphatic rings. The number of nitriles is 1. The zero-order valence-corrected chi connectivity index (χ0v) is 30.0. The fraction of sp³-hybridized carbons (Fsp3) is 0.500. The van der Waals surface area contributed by atoms with Gasteiger partial charge >= 0.3 is 6.09 Å². The fourth-order valence-corrected chi connectivity index (χ4v) is 7.94. The summed E-state index contributed by atoms with van der Waals surface area (Å²) in [5.41, 5.74) is 4.44. The molecule has 2 aliphatic heterocycles. The molecule has 262 valence electrons. The van der Waals surface area contributed by atoms with Crippen LogP contribution in [0.25, 0.3) is 44.0 Å². The number of likely N-dealkylation sites (N-methyl/N-ethyl adjacent to an activating group) is 1. The van der Waals surface area contributed by atoms with Crippen LogP contribution in [0.3, 0.4) is 0 Å². The molecule has 7 rings (SSSR count). The number of hydrogen-bond acceptors (Lipinski definition) is 8. The number of aryl methyl sites for hydroxylation is 2. The number of likely N-dealkylation sites (tertiary alicyclic amines) is 2. The topological polar surface area (TPSA) is 114 Å². The van der Waals surface area contributed by atoms with E-state index < -0.39 is 11.4 Å². The van der Waals surface area contributed by atoms with E-state index >= 15 is 4.39 Å². The number of fused-ring (bicyclic) bond motifs is 4. The standard InChI is InChI=1S/C38H45FN8O3/c1-22-20-27-33(32(39)30(22)26-10-8-11-29-31(26)24(13-16-40)21-45(29)7)41-36(49-23(2)28-12-9-17-44(28)6)34-35(27)47(43-42-34)25-14-18-46(19-15-25)37(48)50-38(3,4)5/h8,10-11,20-21,23,25,28H,9,12-15,17-19H2,1-7H3/t23-,28-/m0/s1. The van der Waals surface area contributed by atoms with Crippen LogP contribution in [0.1, 0.15) is 70.5 Å². The molecule has 2 atom stereocenters. The third kappa shape index (κ3) is 5.91. The van der Waals surface area contributed by atoms with E-state index in [4.69, 9.17) is 14.5 Å². The number of ether oxygens (including phenoxy) is 2. The molecule has 0 spiro atoms. The maximum Gasteiger partial charge on any atom is 0.410 e. The summed E-state index contributed by atoms with van der Waals surface area (Å²) in [6.45, 7) is 11.5. The van der Waals surface area contributed by atoms with Gasteiger partial charge in [0.25, 0.3) is 0 Å². The van der Waals surface area contributed by atoms with Crippen molar-refractivity contribution in [2.24, 2.45) is 7.05 Å². The summed E-state index contributed by atoms with van der Waals surface area (Å²) in [6, 6.07) is 10.2. The van der Waals surface area contributed by atoms with Gasteiger partial charge < -0.3 is 18.9 Å². The van der Waals surface area contributed by atoms with Gasteiger partial charge in [0, 0.05) is 54.2 Å².